The monoisotopic (exact) mass is 319 g/mol. The largest absolute Gasteiger partial charge is 0.433 e. The zero-order chi connectivity index (χ0) is 15.8. The molecule has 0 fully saturated rings. The quantitative estimate of drug-likeness (QED) is 0.795. The average molecular weight is 320 g/mol. The fourth-order valence-corrected chi connectivity index (χ4v) is 1.64. The topological polar surface area (TPSA) is 63.9 Å². The van der Waals surface area contributed by atoms with Crippen LogP contribution in [-0.2, 0) is 6.18 Å². The molecule has 0 N–H and O–H groups in total. The Bertz CT molecular complexity index is 683. The van der Waals surface area contributed by atoms with E-state index < -0.39 is 17.2 Å². The highest BCUT2D eigenvalue weighted by atomic mass is 35.5. The molecular weight excluding hydrogens is 311 g/mol. The summed E-state index contributed by atoms with van der Waals surface area (Å²) in [5, 5.41) is 3.32. The van der Waals surface area contributed by atoms with Crippen LogP contribution in [-0.4, -0.2) is 44.7 Å². The maximum atomic E-state index is 12.7. The third-order valence-corrected chi connectivity index (χ3v) is 2.59. The van der Waals surface area contributed by atoms with Crippen LogP contribution in [0.25, 0.3) is 5.82 Å². The van der Waals surface area contributed by atoms with Crippen LogP contribution in [0.3, 0.4) is 0 Å². The van der Waals surface area contributed by atoms with Crippen molar-refractivity contribution in [2.45, 2.75) is 6.18 Å². The van der Waals surface area contributed by atoms with Crippen molar-refractivity contribution in [1.29, 1.82) is 0 Å². The molecule has 0 aliphatic heterocycles. The number of hydrogen-bond acceptors (Lipinski definition) is 4. The highest BCUT2D eigenvalue weighted by Crippen LogP contribution is 2.29. The lowest BCUT2D eigenvalue weighted by Gasteiger charge is -2.08. The Morgan fingerprint density at radius 3 is 2.57 bits per heavy atom. The van der Waals surface area contributed by atoms with Gasteiger partial charge < -0.3 is 4.90 Å². The Labute approximate surface area is 122 Å². The summed E-state index contributed by atoms with van der Waals surface area (Å²) in [4.78, 5) is 19.8. The number of alkyl halides is 3. The molecule has 0 atom stereocenters. The fraction of sp³-hybridized carbons (Fsp3) is 0.273. The van der Waals surface area contributed by atoms with Crippen molar-refractivity contribution < 1.29 is 18.0 Å². The molecule has 21 heavy (non-hydrogen) atoms. The zero-order valence-electron chi connectivity index (χ0n) is 10.9. The number of nitrogens with zero attached hydrogens (tertiary/aromatic N) is 5. The van der Waals surface area contributed by atoms with E-state index in [1.165, 1.54) is 31.3 Å². The molecule has 1 amide bonds. The fourth-order valence-electron chi connectivity index (χ4n) is 1.46. The smallest absolute Gasteiger partial charge is 0.343 e. The summed E-state index contributed by atoms with van der Waals surface area (Å²) in [6.07, 6.45) is -3.34. The van der Waals surface area contributed by atoms with Crippen LogP contribution in [0.1, 0.15) is 16.2 Å². The van der Waals surface area contributed by atoms with Crippen LogP contribution in [0.2, 0.25) is 5.28 Å². The van der Waals surface area contributed by atoms with Crippen LogP contribution in [0.15, 0.2) is 18.3 Å². The summed E-state index contributed by atoms with van der Waals surface area (Å²) in [7, 11) is 3.06. The van der Waals surface area contributed by atoms with E-state index in [4.69, 9.17) is 11.6 Å². The maximum absolute atomic E-state index is 12.7. The second-order valence-corrected chi connectivity index (χ2v) is 4.56. The molecule has 6 nitrogen and oxygen atoms in total. The first-order valence-corrected chi connectivity index (χ1v) is 5.96. The molecule has 0 saturated carbocycles. The summed E-state index contributed by atoms with van der Waals surface area (Å²) >= 11 is 5.49. The molecule has 2 aromatic rings. The van der Waals surface area contributed by atoms with Crippen LogP contribution >= 0.6 is 11.6 Å². The molecule has 0 aliphatic carbocycles. The highest BCUT2D eigenvalue weighted by molar-refractivity contribution is 6.28. The van der Waals surface area contributed by atoms with Crippen molar-refractivity contribution in [1.82, 2.24) is 24.6 Å². The van der Waals surface area contributed by atoms with E-state index in [9.17, 15) is 18.0 Å². The number of amides is 1. The van der Waals surface area contributed by atoms with Crippen LogP contribution in [0.5, 0.6) is 0 Å². The minimum Gasteiger partial charge on any atom is -0.343 e. The SMILES string of the molecule is CN(C)C(=O)c1ccn(-c2cc(C(F)(F)F)nc(Cl)n2)n1. The number of rotatable bonds is 2. The van der Waals surface area contributed by atoms with Crippen LogP contribution < -0.4 is 0 Å². The summed E-state index contributed by atoms with van der Waals surface area (Å²) in [6, 6.07) is 2.06. The van der Waals surface area contributed by atoms with Crippen molar-refractivity contribution >= 4 is 17.5 Å². The molecule has 2 aromatic heterocycles. The highest BCUT2D eigenvalue weighted by Gasteiger charge is 2.33. The minimum absolute atomic E-state index is 0.0725. The lowest BCUT2D eigenvalue weighted by Crippen LogP contribution is -2.22. The third-order valence-electron chi connectivity index (χ3n) is 2.42. The summed E-state index contributed by atoms with van der Waals surface area (Å²) in [6.45, 7) is 0. The molecular formula is C11H9ClF3N5O. The Morgan fingerprint density at radius 1 is 1.33 bits per heavy atom. The molecule has 112 valence electrons. The van der Waals surface area contributed by atoms with E-state index in [-0.39, 0.29) is 17.4 Å². The molecule has 10 heteroatoms. The molecule has 0 saturated heterocycles. The first-order valence-electron chi connectivity index (χ1n) is 5.58. The predicted molar refractivity (Wildman–Crippen MR) is 67.2 cm³/mol. The molecule has 0 bridgehead atoms. The van der Waals surface area contributed by atoms with Gasteiger partial charge in [0.2, 0.25) is 5.28 Å². The van der Waals surface area contributed by atoms with E-state index in [0.717, 1.165) is 4.68 Å². The summed E-state index contributed by atoms with van der Waals surface area (Å²) < 4.78 is 39.0. The molecule has 2 rings (SSSR count). The van der Waals surface area contributed by atoms with Gasteiger partial charge >= 0.3 is 6.18 Å². The van der Waals surface area contributed by atoms with Gasteiger partial charge in [-0.15, -0.1) is 0 Å². The van der Waals surface area contributed by atoms with Crippen LogP contribution in [0, 0.1) is 0 Å². The molecule has 0 aliphatic rings. The minimum atomic E-state index is -4.66. The number of carbonyl (C=O) groups excluding carboxylic acids is 1. The second kappa shape index (κ2) is 5.32. The van der Waals surface area contributed by atoms with Crippen molar-refractivity contribution in [2.75, 3.05) is 14.1 Å². The van der Waals surface area contributed by atoms with Gasteiger partial charge in [-0.2, -0.15) is 23.3 Å². The van der Waals surface area contributed by atoms with E-state index in [0.29, 0.717) is 6.07 Å². The molecule has 0 aromatic carbocycles. The molecule has 0 unspecified atom stereocenters. The lowest BCUT2D eigenvalue weighted by atomic mass is 10.4. The van der Waals surface area contributed by atoms with E-state index >= 15 is 0 Å². The number of halogens is 4. The average Bonchev–Trinajstić information content (AvgIpc) is 2.85. The van der Waals surface area contributed by atoms with E-state index in [1.54, 1.807) is 0 Å². The predicted octanol–water partition coefficient (Wildman–Crippen LogP) is 2.04. The number of aromatic nitrogens is 4. The summed E-state index contributed by atoms with van der Waals surface area (Å²) in [5.74, 6) is -0.565. The lowest BCUT2D eigenvalue weighted by molar-refractivity contribution is -0.141. The molecule has 0 spiro atoms. The summed E-state index contributed by atoms with van der Waals surface area (Å²) in [5.41, 5.74) is -1.11. The first-order chi connectivity index (χ1) is 9.68. The number of hydrogen-bond donors (Lipinski definition) is 0. The molecule has 2 heterocycles. The number of carbonyl (C=O) groups is 1. The van der Waals surface area contributed by atoms with Gasteiger partial charge in [0.05, 0.1) is 0 Å². The van der Waals surface area contributed by atoms with Gasteiger partial charge in [0.1, 0.15) is 0 Å². The molecule has 0 radical (unpaired) electrons. The van der Waals surface area contributed by atoms with Crippen molar-refractivity contribution in [3.05, 3.63) is 35.0 Å². The third kappa shape index (κ3) is 3.30. The Hall–Kier alpha value is -2.16. The van der Waals surface area contributed by atoms with Gasteiger partial charge in [0.15, 0.2) is 17.2 Å². The Morgan fingerprint density at radius 2 is 2.00 bits per heavy atom. The van der Waals surface area contributed by atoms with Gasteiger partial charge in [-0.1, -0.05) is 0 Å². The Balaban J connectivity index is 2.43. The van der Waals surface area contributed by atoms with Gasteiger partial charge in [0, 0.05) is 26.4 Å². The first kappa shape index (κ1) is 15.2. The van der Waals surface area contributed by atoms with Crippen molar-refractivity contribution in [3.63, 3.8) is 0 Å². The maximum Gasteiger partial charge on any atom is 0.433 e. The van der Waals surface area contributed by atoms with Gasteiger partial charge in [0.25, 0.3) is 5.91 Å². The Kier molecular flexibility index (Phi) is 3.86. The van der Waals surface area contributed by atoms with E-state index in [2.05, 4.69) is 15.1 Å². The normalized spacial score (nSPS) is 11.5. The van der Waals surface area contributed by atoms with Crippen molar-refractivity contribution in [3.8, 4) is 5.82 Å². The standard InChI is InChI=1S/C11H9ClF3N5O/c1-19(2)9(21)6-3-4-20(18-6)8-5-7(11(13,14)15)16-10(12)17-8/h3-5H,1-2H3. The van der Waals surface area contributed by atoms with E-state index in [1.807, 2.05) is 0 Å². The van der Waals surface area contributed by atoms with Gasteiger partial charge in [-0.3, -0.25) is 4.79 Å². The van der Waals surface area contributed by atoms with Crippen LogP contribution in [0.4, 0.5) is 13.2 Å². The van der Waals surface area contributed by atoms with Gasteiger partial charge in [-0.05, 0) is 17.7 Å². The second-order valence-electron chi connectivity index (χ2n) is 4.22. The van der Waals surface area contributed by atoms with Gasteiger partial charge in [-0.25, -0.2) is 9.67 Å². The zero-order valence-corrected chi connectivity index (χ0v) is 11.6. The van der Waals surface area contributed by atoms with Crippen molar-refractivity contribution in [2.24, 2.45) is 0 Å².